The molecule has 6 rings (SSSR count). The van der Waals surface area contributed by atoms with Crippen molar-refractivity contribution < 1.29 is 27.7 Å². The summed E-state index contributed by atoms with van der Waals surface area (Å²) in [6.07, 6.45) is 1.78. The van der Waals surface area contributed by atoms with Crippen molar-refractivity contribution in [3.05, 3.63) is 88.2 Å². The number of nitrogens with zero attached hydrogens (tertiary/aromatic N) is 4. The fraction of sp³-hybridized carbons (Fsp3) is 0.148. The summed E-state index contributed by atoms with van der Waals surface area (Å²) in [6.45, 7) is 0. The largest absolute Gasteiger partial charge is 0.420 e. The number of aromatic nitrogens is 4. The second kappa shape index (κ2) is 9.69. The molecule has 1 saturated heterocycles. The average molecular weight is 542 g/mol. The number of carbonyl (C=O) groups is 3. The van der Waals surface area contributed by atoms with E-state index in [0.717, 1.165) is 0 Å². The number of hydrogen-bond donors (Lipinski definition) is 2. The number of halogens is 1. The lowest BCUT2D eigenvalue weighted by atomic mass is 10.0. The second-order valence-electron chi connectivity index (χ2n) is 9.16. The van der Waals surface area contributed by atoms with Gasteiger partial charge in [0.25, 0.3) is 5.91 Å². The zero-order chi connectivity index (χ0) is 28.0. The number of carbonyl (C=O) groups excluding carboxylic acids is 3. The number of rotatable bonds is 6. The Balaban J connectivity index is 1.29. The highest BCUT2D eigenvalue weighted by Gasteiger charge is 2.31. The zero-order valence-electron chi connectivity index (χ0n) is 20.6. The van der Waals surface area contributed by atoms with E-state index >= 15 is 4.39 Å². The minimum absolute atomic E-state index is 0.00164. The topological polar surface area (TPSA) is 176 Å². The molecule has 1 aliphatic heterocycles. The van der Waals surface area contributed by atoms with E-state index in [-0.39, 0.29) is 53.4 Å². The van der Waals surface area contributed by atoms with Crippen molar-refractivity contribution in [2.75, 3.05) is 0 Å². The summed E-state index contributed by atoms with van der Waals surface area (Å²) >= 11 is 0. The number of hydrogen-bond acceptors (Lipinski definition) is 9. The number of oxazole rings is 1. The lowest BCUT2D eigenvalue weighted by Crippen LogP contribution is -2.43. The predicted molar refractivity (Wildman–Crippen MR) is 136 cm³/mol. The van der Waals surface area contributed by atoms with Gasteiger partial charge in [-0.25, -0.2) is 9.18 Å². The number of nitrogens with one attached hydrogen (secondary N) is 1. The highest BCUT2D eigenvalue weighted by molar-refractivity contribution is 6.00. The third kappa shape index (κ3) is 4.42. The molecular weight excluding hydrogens is 523 g/mol. The first-order chi connectivity index (χ1) is 19.3. The number of imide groups is 1. The fourth-order valence-electron chi connectivity index (χ4n) is 4.68. The molecule has 200 valence electrons. The molecule has 0 bridgehead atoms. The Labute approximate surface area is 223 Å². The summed E-state index contributed by atoms with van der Waals surface area (Å²) < 4.78 is 27.4. The van der Waals surface area contributed by atoms with Crippen LogP contribution in [-0.2, 0) is 16.0 Å². The van der Waals surface area contributed by atoms with Crippen molar-refractivity contribution in [3.63, 3.8) is 0 Å². The molecule has 13 heteroatoms. The minimum atomic E-state index is -0.883. The smallest absolute Gasteiger partial charge is 0.408 e. The van der Waals surface area contributed by atoms with Crippen LogP contribution in [-0.4, -0.2) is 37.4 Å². The molecule has 2 aromatic carbocycles. The molecule has 0 spiro atoms. The molecule has 1 atom stereocenters. The van der Waals surface area contributed by atoms with Gasteiger partial charge in [0.15, 0.2) is 5.58 Å². The van der Waals surface area contributed by atoms with Crippen LogP contribution >= 0.6 is 0 Å². The third-order valence-electron chi connectivity index (χ3n) is 6.59. The Hall–Kier alpha value is -5.46. The molecule has 3 aromatic heterocycles. The molecule has 5 aromatic rings. The van der Waals surface area contributed by atoms with Gasteiger partial charge >= 0.3 is 5.76 Å². The summed E-state index contributed by atoms with van der Waals surface area (Å²) in [5.74, 6) is -2.84. The van der Waals surface area contributed by atoms with Crippen LogP contribution in [0.3, 0.4) is 0 Å². The van der Waals surface area contributed by atoms with Crippen LogP contribution in [0.1, 0.15) is 40.8 Å². The maximum absolute atomic E-state index is 15.5. The van der Waals surface area contributed by atoms with Crippen LogP contribution in [0.15, 0.2) is 68.5 Å². The summed E-state index contributed by atoms with van der Waals surface area (Å²) in [7, 11) is 0. The second-order valence-corrected chi connectivity index (χ2v) is 9.16. The van der Waals surface area contributed by atoms with Crippen molar-refractivity contribution in [3.8, 4) is 22.5 Å². The van der Waals surface area contributed by atoms with Crippen molar-refractivity contribution in [1.29, 1.82) is 0 Å². The molecule has 3 N–H and O–H groups in total. The molecule has 4 heterocycles. The highest BCUT2D eigenvalue weighted by atomic mass is 19.1. The lowest BCUT2D eigenvalue weighted by molar-refractivity contribution is -0.135. The van der Waals surface area contributed by atoms with Gasteiger partial charge in [-0.3, -0.25) is 29.3 Å². The normalized spacial score (nSPS) is 15.4. The van der Waals surface area contributed by atoms with E-state index in [9.17, 15) is 19.2 Å². The standard InChI is InChI=1S/C27H19FN6O6/c28-23-15(14-8-9-30-17(12-14)24(29)36)2-1-3-16(23)25-32-22(40-33-25)11-13-4-6-20-19(10-13)34(27(38)39-20)18-5-7-21(35)31-26(18)37/h1-4,6,8-10,12,18H,5,7,11H2,(H2,29,36)(H,31,35,37)/t18-/m1/s1. The van der Waals surface area contributed by atoms with E-state index in [2.05, 4.69) is 20.4 Å². The minimum Gasteiger partial charge on any atom is -0.408 e. The molecule has 0 radical (unpaired) electrons. The Morgan fingerprint density at radius 3 is 2.75 bits per heavy atom. The Kier molecular flexibility index (Phi) is 6.02. The molecule has 0 saturated carbocycles. The first-order valence-corrected chi connectivity index (χ1v) is 12.1. The van der Waals surface area contributed by atoms with Gasteiger partial charge in [-0.15, -0.1) is 0 Å². The molecule has 0 unspecified atom stereocenters. The molecule has 1 aliphatic rings. The molecule has 0 aliphatic carbocycles. The maximum atomic E-state index is 15.5. The van der Waals surface area contributed by atoms with Gasteiger partial charge in [0, 0.05) is 18.2 Å². The molecule has 12 nitrogen and oxygen atoms in total. The Morgan fingerprint density at radius 1 is 1.12 bits per heavy atom. The molecular formula is C27H19FN6O6. The number of piperidine rings is 1. The number of nitrogens with two attached hydrogens (primary N) is 1. The van der Waals surface area contributed by atoms with Gasteiger partial charge in [-0.2, -0.15) is 4.98 Å². The van der Waals surface area contributed by atoms with Crippen molar-refractivity contribution in [2.24, 2.45) is 5.73 Å². The molecule has 40 heavy (non-hydrogen) atoms. The van der Waals surface area contributed by atoms with Crippen LogP contribution in [0, 0.1) is 5.82 Å². The fourth-order valence-corrected chi connectivity index (χ4v) is 4.68. The van der Waals surface area contributed by atoms with E-state index in [1.807, 2.05) is 0 Å². The lowest BCUT2D eigenvalue weighted by Gasteiger charge is -2.21. The van der Waals surface area contributed by atoms with E-state index < -0.39 is 35.3 Å². The van der Waals surface area contributed by atoms with Crippen molar-refractivity contribution >= 4 is 28.8 Å². The quantitative estimate of drug-likeness (QED) is 0.305. The number of fused-ring (bicyclic) bond motifs is 1. The van der Waals surface area contributed by atoms with Gasteiger partial charge in [-0.05, 0) is 47.9 Å². The van der Waals surface area contributed by atoms with E-state index in [1.54, 1.807) is 36.4 Å². The average Bonchev–Trinajstić information content (AvgIpc) is 3.52. The Morgan fingerprint density at radius 2 is 1.95 bits per heavy atom. The number of amides is 3. The van der Waals surface area contributed by atoms with Crippen molar-refractivity contribution in [2.45, 2.75) is 25.3 Å². The SMILES string of the molecule is NC(=O)c1cc(-c2cccc(-c3noc(Cc4ccc5oc(=O)n([C@@H]6CCC(=O)NC6=O)c5c4)n3)c2F)ccn1. The van der Waals surface area contributed by atoms with Gasteiger partial charge in [0.2, 0.25) is 23.5 Å². The monoisotopic (exact) mass is 542 g/mol. The predicted octanol–water partition coefficient (Wildman–Crippen LogP) is 2.51. The summed E-state index contributed by atoms with van der Waals surface area (Å²) in [5.41, 5.74) is 7.30. The van der Waals surface area contributed by atoms with E-state index in [1.165, 1.54) is 22.9 Å². The van der Waals surface area contributed by atoms with Gasteiger partial charge in [0.1, 0.15) is 17.6 Å². The third-order valence-corrected chi connectivity index (χ3v) is 6.59. The van der Waals surface area contributed by atoms with Gasteiger partial charge < -0.3 is 14.7 Å². The van der Waals surface area contributed by atoms with Crippen LogP contribution < -0.4 is 16.8 Å². The van der Waals surface area contributed by atoms with E-state index in [4.69, 9.17) is 14.7 Å². The Bertz CT molecular complexity index is 1890. The van der Waals surface area contributed by atoms with E-state index in [0.29, 0.717) is 16.6 Å². The van der Waals surface area contributed by atoms with Crippen molar-refractivity contribution in [1.82, 2.24) is 25.0 Å². The summed E-state index contributed by atoms with van der Waals surface area (Å²) in [6, 6.07) is 11.7. The zero-order valence-corrected chi connectivity index (χ0v) is 20.6. The highest BCUT2D eigenvalue weighted by Crippen LogP contribution is 2.30. The first-order valence-electron chi connectivity index (χ1n) is 12.1. The first kappa shape index (κ1) is 24.9. The van der Waals surface area contributed by atoms with Gasteiger partial charge in [0.05, 0.1) is 17.5 Å². The number of primary amides is 1. The van der Waals surface area contributed by atoms with Gasteiger partial charge in [-0.1, -0.05) is 23.4 Å². The van der Waals surface area contributed by atoms with Crippen LogP contribution in [0.5, 0.6) is 0 Å². The summed E-state index contributed by atoms with van der Waals surface area (Å²) in [5, 5.41) is 6.17. The number of pyridine rings is 1. The number of benzene rings is 2. The molecule has 3 amide bonds. The van der Waals surface area contributed by atoms with Crippen LogP contribution in [0.4, 0.5) is 4.39 Å². The summed E-state index contributed by atoms with van der Waals surface area (Å²) in [4.78, 5) is 56.2. The maximum Gasteiger partial charge on any atom is 0.420 e. The molecule has 1 fully saturated rings. The van der Waals surface area contributed by atoms with Crippen LogP contribution in [0.2, 0.25) is 0 Å². The van der Waals surface area contributed by atoms with Crippen LogP contribution in [0.25, 0.3) is 33.6 Å².